The summed E-state index contributed by atoms with van der Waals surface area (Å²) in [4.78, 5) is 10.1. The van der Waals surface area contributed by atoms with Crippen LogP contribution in [-0.2, 0) is 4.79 Å². The first-order valence-electron chi connectivity index (χ1n) is 3.65. The summed E-state index contributed by atoms with van der Waals surface area (Å²) in [7, 11) is 0. The molecule has 0 amide bonds. The molecule has 1 atom stereocenters. The van der Waals surface area contributed by atoms with Gasteiger partial charge in [-0.2, -0.15) is 0 Å². The number of hydrogen-bond acceptors (Lipinski definition) is 3. The van der Waals surface area contributed by atoms with E-state index >= 15 is 0 Å². The van der Waals surface area contributed by atoms with Gasteiger partial charge in [0, 0.05) is 12.0 Å². The van der Waals surface area contributed by atoms with Crippen molar-refractivity contribution in [2.75, 3.05) is 0 Å². The molecule has 3 nitrogen and oxygen atoms in total. The highest BCUT2D eigenvalue weighted by Crippen LogP contribution is 2.24. The summed E-state index contributed by atoms with van der Waals surface area (Å²) in [6.07, 6.45) is -0.266. The van der Waals surface area contributed by atoms with Crippen LogP contribution in [0.4, 0.5) is 0 Å². The summed E-state index contributed by atoms with van der Waals surface area (Å²) in [6, 6.07) is 6.42. The molecule has 1 unspecified atom stereocenters. The molecule has 0 aliphatic carbocycles. The van der Waals surface area contributed by atoms with E-state index in [0.717, 1.165) is 0 Å². The second-order valence-electron chi connectivity index (χ2n) is 2.48. The van der Waals surface area contributed by atoms with E-state index in [1.807, 2.05) is 0 Å². The van der Waals surface area contributed by atoms with E-state index in [-0.39, 0.29) is 12.2 Å². The highest BCUT2D eigenvalue weighted by molar-refractivity contribution is 5.51. The molecule has 0 fully saturated rings. The summed E-state index contributed by atoms with van der Waals surface area (Å²) in [5.74, 6) is 0.0202. The van der Waals surface area contributed by atoms with Crippen molar-refractivity contribution < 1.29 is 15.0 Å². The normalized spacial score (nSPS) is 12.4. The zero-order valence-corrected chi connectivity index (χ0v) is 6.47. The van der Waals surface area contributed by atoms with Gasteiger partial charge in [0.1, 0.15) is 12.0 Å². The fourth-order valence-corrected chi connectivity index (χ4v) is 0.987. The summed E-state index contributed by atoms with van der Waals surface area (Å²) in [5, 5.41) is 18.5. The van der Waals surface area contributed by atoms with Gasteiger partial charge in [-0.15, -0.1) is 0 Å². The number of benzene rings is 1. The monoisotopic (exact) mass is 166 g/mol. The molecule has 0 aliphatic rings. The van der Waals surface area contributed by atoms with Gasteiger partial charge in [0.15, 0.2) is 0 Å². The first-order valence-corrected chi connectivity index (χ1v) is 3.65. The van der Waals surface area contributed by atoms with Crippen molar-refractivity contribution in [3.8, 4) is 5.75 Å². The van der Waals surface area contributed by atoms with Crippen LogP contribution < -0.4 is 0 Å². The van der Waals surface area contributed by atoms with E-state index in [4.69, 9.17) is 0 Å². The third-order valence-corrected chi connectivity index (χ3v) is 1.62. The van der Waals surface area contributed by atoms with E-state index in [2.05, 4.69) is 0 Å². The van der Waals surface area contributed by atoms with Gasteiger partial charge in [-0.1, -0.05) is 18.2 Å². The molecule has 0 radical (unpaired) electrons. The molecule has 0 spiro atoms. The average Bonchev–Trinajstić information content (AvgIpc) is 2.05. The SMILES string of the molecule is O=CCC(O)c1ccccc1O. The van der Waals surface area contributed by atoms with E-state index in [1.54, 1.807) is 18.2 Å². The molecule has 0 bridgehead atoms. The number of hydrogen-bond donors (Lipinski definition) is 2. The molecule has 0 heterocycles. The molecule has 1 aromatic carbocycles. The number of carbonyl (C=O) groups is 1. The standard InChI is InChI=1S/C9H10O3/c10-6-5-9(12)7-3-1-2-4-8(7)11/h1-4,6,9,11-12H,5H2. The fourth-order valence-electron chi connectivity index (χ4n) is 0.987. The fraction of sp³-hybridized carbons (Fsp3) is 0.222. The van der Waals surface area contributed by atoms with Crippen molar-refractivity contribution in [3.63, 3.8) is 0 Å². The van der Waals surface area contributed by atoms with Gasteiger partial charge in [-0.3, -0.25) is 0 Å². The van der Waals surface area contributed by atoms with E-state index in [0.29, 0.717) is 11.8 Å². The molecule has 0 aromatic heterocycles. The number of carbonyl (C=O) groups excluding carboxylic acids is 1. The lowest BCUT2D eigenvalue weighted by Crippen LogP contribution is -1.97. The minimum Gasteiger partial charge on any atom is -0.508 e. The molecular formula is C9H10O3. The summed E-state index contributed by atoms with van der Waals surface area (Å²) >= 11 is 0. The minimum absolute atomic E-state index is 0.0115. The van der Waals surface area contributed by atoms with Crippen molar-refractivity contribution >= 4 is 6.29 Å². The predicted octanol–water partition coefficient (Wildman–Crippen LogP) is 1.01. The van der Waals surface area contributed by atoms with Gasteiger partial charge in [0.2, 0.25) is 0 Å². The number of phenolic OH excluding ortho intramolecular Hbond substituents is 1. The molecule has 1 rings (SSSR count). The number of aromatic hydroxyl groups is 1. The largest absolute Gasteiger partial charge is 0.508 e. The van der Waals surface area contributed by atoms with Crippen molar-refractivity contribution in [2.24, 2.45) is 0 Å². The molecule has 3 heteroatoms. The number of aliphatic hydroxyl groups excluding tert-OH is 1. The molecular weight excluding hydrogens is 156 g/mol. The zero-order chi connectivity index (χ0) is 8.97. The van der Waals surface area contributed by atoms with Crippen LogP contribution >= 0.6 is 0 Å². The lowest BCUT2D eigenvalue weighted by molar-refractivity contribution is -0.109. The van der Waals surface area contributed by atoms with Gasteiger partial charge in [0.05, 0.1) is 6.10 Å². The lowest BCUT2D eigenvalue weighted by Gasteiger charge is -2.08. The topological polar surface area (TPSA) is 57.5 Å². The summed E-state index contributed by atoms with van der Waals surface area (Å²) in [6.45, 7) is 0. The van der Waals surface area contributed by atoms with Crippen LogP contribution in [0.25, 0.3) is 0 Å². The van der Waals surface area contributed by atoms with Gasteiger partial charge in [-0.25, -0.2) is 0 Å². The Morgan fingerprint density at radius 2 is 2.08 bits per heavy atom. The molecule has 1 aromatic rings. The van der Waals surface area contributed by atoms with Crippen LogP contribution in [0.2, 0.25) is 0 Å². The Balaban J connectivity index is 2.86. The molecule has 0 saturated carbocycles. The molecule has 64 valence electrons. The van der Waals surface area contributed by atoms with Crippen molar-refractivity contribution in [2.45, 2.75) is 12.5 Å². The van der Waals surface area contributed by atoms with Crippen LogP contribution in [-0.4, -0.2) is 16.5 Å². The van der Waals surface area contributed by atoms with E-state index in [1.165, 1.54) is 6.07 Å². The van der Waals surface area contributed by atoms with Gasteiger partial charge in [-0.05, 0) is 6.07 Å². The lowest BCUT2D eigenvalue weighted by atomic mass is 10.1. The zero-order valence-electron chi connectivity index (χ0n) is 6.47. The van der Waals surface area contributed by atoms with E-state index in [9.17, 15) is 15.0 Å². The summed E-state index contributed by atoms with van der Waals surface area (Å²) in [5.41, 5.74) is 0.393. The Kier molecular flexibility index (Phi) is 2.82. The smallest absolute Gasteiger partial charge is 0.122 e. The van der Waals surface area contributed by atoms with Crippen LogP contribution in [0.3, 0.4) is 0 Å². The van der Waals surface area contributed by atoms with Crippen molar-refractivity contribution in [1.82, 2.24) is 0 Å². The number of para-hydroxylation sites is 1. The van der Waals surface area contributed by atoms with Crippen LogP contribution in [0.15, 0.2) is 24.3 Å². The van der Waals surface area contributed by atoms with E-state index < -0.39 is 6.10 Å². The Morgan fingerprint density at radius 3 is 2.67 bits per heavy atom. The Hall–Kier alpha value is -1.35. The highest BCUT2D eigenvalue weighted by atomic mass is 16.3. The maximum Gasteiger partial charge on any atom is 0.122 e. The highest BCUT2D eigenvalue weighted by Gasteiger charge is 2.09. The molecule has 12 heavy (non-hydrogen) atoms. The quantitative estimate of drug-likeness (QED) is 0.659. The first-order chi connectivity index (χ1) is 5.75. The minimum atomic E-state index is -0.899. The second kappa shape index (κ2) is 3.88. The Bertz CT molecular complexity index is 270. The molecule has 0 saturated heterocycles. The van der Waals surface area contributed by atoms with Gasteiger partial charge < -0.3 is 15.0 Å². The Morgan fingerprint density at radius 1 is 1.42 bits per heavy atom. The second-order valence-corrected chi connectivity index (χ2v) is 2.48. The number of rotatable bonds is 3. The van der Waals surface area contributed by atoms with Crippen LogP contribution in [0.5, 0.6) is 5.75 Å². The van der Waals surface area contributed by atoms with Crippen LogP contribution in [0.1, 0.15) is 18.1 Å². The third-order valence-electron chi connectivity index (χ3n) is 1.62. The maximum atomic E-state index is 10.1. The number of phenols is 1. The molecule has 2 N–H and O–H groups in total. The number of aldehydes is 1. The first kappa shape index (κ1) is 8.74. The maximum absolute atomic E-state index is 10.1. The van der Waals surface area contributed by atoms with Crippen LogP contribution in [0, 0.1) is 0 Å². The summed E-state index contributed by atoms with van der Waals surface area (Å²) < 4.78 is 0. The van der Waals surface area contributed by atoms with Crippen molar-refractivity contribution in [3.05, 3.63) is 29.8 Å². The van der Waals surface area contributed by atoms with Gasteiger partial charge >= 0.3 is 0 Å². The third kappa shape index (κ3) is 1.83. The Labute approximate surface area is 70.3 Å². The molecule has 0 aliphatic heterocycles. The predicted molar refractivity (Wildman–Crippen MR) is 43.7 cm³/mol. The average molecular weight is 166 g/mol. The number of aliphatic hydroxyl groups is 1. The van der Waals surface area contributed by atoms with Crippen molar-refractivity contribution in [1.29, 1.82) is 0 Å². The van der Waals surface area contributed by atoms with Gasteiger partial charge in [0.25, 0.3) is 0 Å².